The summed E-state index contributed by atoms with van der Waals surface area (Å²) in [5.74, 6) is 0.0483. The average Bonchev–Trinajstić information content (AvgIpc) is 3.05. The van der Waals surface area contributed by atoms with Gasteiger partial charge in [0.25, 0.3) is 5.91 Å². The van der Waals surface area contributed by atoms with Crippen LogP contribution in [0.1, 0.15) is 66.6 Å². The first-order valence-electron chi connectivity index (χ1n) is 10.4. The quantitative estimate of drug-likeness (QED) is 0.790. The summed E-state index contributed by atoms with van der Waals surface area (Å²) in [6.07, 6.45) is 10.0. The van der Waals surface area contributed by atoms with Crippen LogP contribution in [0.15, 0.2) is 24.4 Å². The van der Waals surface area contributed by atoms with Crippen molar-refractivity contribution in [1.29, 1.82) is 0 Å². The first-order chi connectivity index (χ1) is 14.0. The third kappa shape index (κ3) is 3.72. The van der Waals surface area contributed by atoms with Gasteiger partial charge in [-0.1, -0.05) is 42.7 Å². The average molecular weight is 411 g/mol. The van der Waals surface area contributed by atoms with Crippen molar-refractivity contribution in [3.8, 4) is 0 Å². The molecule has 2 heterocycles. The summed E-state index contributed by atoms with van der Waals surface area (Å²) in [6, 6.07) is 5.74. The standard InChI is InChI=1S/C24H27ClN2O2/c1-3-17-16(11-15-9-10-23(25)26-13-15)12-19-20(18(17)4-2)14-27(24(19)29)21-7-5-6-8-22(21)28/h3-4,9-10,12-13,21-22,28H,5-8,11,14H2,1-2H3. The fraction of sp³-hybridized carbons (Fsp3) is 0.417. The second kappa shape index (κ2) is 8.29. The van der Waals surface area contributed by atoms with E-state index in [1.54, 1.807) is 12.3 Å². The van der Waals surface area contributed by atoms with Crippen LogP contribution in [0.3, 0.4) is 0 Å². The van der Waals surface area contributed by atoms with Gasteiger partial charge in [0.1, 0.15) is 5.15 Å². The van der Waals surface area contributed by atoms with Crippen molar-refractivity contribution in [2.24, 2.45) is 0 Å². The largest absolute Gasteiger partial charge is 0.391 e. The van der Waals surface area contributed by atoms with Crippen molar-refractivity contribution in [3.63, 3.8) is 0 Å². The predicted molar refractivity (Wildman–Crippen MR) is 116 cm³/mol. The Morgan fingerprint density at radius 2 is 1.97 bits per heavy atom. The van der Waals surface area contributed by atoms with Gasteiger partial charge in [0.15, 0.2) is 0 Å². The highest BCUT2D eigenvalue weighted by molar-refractivity contribution is 6.29. The van der Waals surface area contributed by atoms with Gasteiger partial charge in [0.05, 0.1) is 12.1 Å². The van der Waals surface area contributed by atoms with Crippen LogP contribution in [0.4, 0.5) is 0 Å². The summed E-state index contributed by atoms with van der Waals surface area (Å²) in [4.78, 5) is 19.4. The first-order valence-corrected chi connectivity index (χ1v) is 10.8. The zero-order valence-corrected chi connectivity index (χ0v) is 17.7. The molecule has 2 aromatic rings. The van der Waals surface area contributed by atoms with E-state index in [9.17, 15) is 9.90 Å². The molecule has 152 valence electrons. The van der Waals surface area contributed by atoms with Gasteiger partial charge < -0.3 is 10.0 Å². The van der Waals surface area contributed by atoms with E-state index in [4.69, 9.17) is 11.6 Å². The Morgan fingerprint density at radius 1 is 1.21 bits per heavy atom. The van der Waals surface area contributed by atoms with Gasteiger partial charge in [-0.05, 0) is 72.4 Å². The van der Waals surface area contributed by atoms with Crippen LogP contribution in [0.5, 0.6) is 0 Å². The molecule has 0 bridgehead atoms. The normalized spacial score (nSPS) is 23.0. The van der Waals surface area contributed by atoms with E-state index in [0.29, 0.717) is 18.1 Å². The highest BCUT2D eigenvalue weighted by Crippen LogP contribution is 2.30. The van der Waals surface area contributed by atoms with Gasteiger partial charge in [-0.15, -0.1) is 0 Å². The second-order valence-corrected chi connectivity index (χ2v) is 8.37. The van der Waals surface area contributed by atoms with E-state index in [1.807, 2.05) is 30.9 Å². The molecule has 0 radical (unpaired) electrons. The topological polar surface area (TPSA) is 53.4 Å². The lowest BCUT2D eigenvalue weighted by atomic mass is 9.91. The van der Waals surface area contributed by atoms with Gasteiger partial charge in [-0.2, -0.15) is 0 Å². The predicted octanol–water partition coefficient (Wildman–Crippen LogP) is 3.19. The summed E-state index contributed by atoms with van der Waals surface area (Å²) in [7, 11) is 0. The number of hydrogen-bond acceptors (Lipinski definition) is 3. The molecule has 2 aliphatic rings. The summed E-state index contributed by atoms with van der Waals surface area (Å²) in [6.45, 7) is 4.65. The van der Waals surface area contributed by atoms with Crippen molar-refractivity contribution < 1.29 is 9.90 Å². The van der Waals surface area contributed by atoms with Crippen LogP contribution in [0.2, 0.25) is 5.15 Å². The molecule has 1 fully saturated rings. The van der Waals surface area contributed by atoms with Crippen LogP contribution in [-0.2, 0) is 13.0 Å². The molecular formula is C24H27ClN2O2. The summed E-state index contributed by atoms with van der Waals surface area (Å²) >= 11 is 5.93. The van der Waals surface area contributed by atoms with Crippen molar-refractivity contribution in [2.75, 3.05) is 0 Å². The van der Waals surface area contributed by atoms with E-state index < -0.39 is 6.10 Å². The molecule has 4 nitrogen and oxygen atoms in total. The highest BCUT2D eigenvalue weighted by Gasteiger charge is 2.37. The SMILES string of the molecule is CC=c1c(Cc2ccc(Cl)nc2)cc2c(c1=CC)CN(C1CCCCC1O)C2=O. The molecule has 0 saturated heterocycles. The summed E-state index contributed by atoms with van der Waals surface area (Å²) in [5.41, 5.74) is 4.03. The highest BCUT2D eigenvalue weighted by atomic mass is 35.5. The third-order valence-electron chi connectivity index (χ3n) is 6.28. The number of aliphatic hydroxyl groups excluding tert-OH is 1. The Balaban J connectivity index is 1.77. The van der Waals surface area contributed by atoms with E-state index in [2.05, 4.69) is 17.1 Å². The minimum absolute atomic E-state index is 0.0483. The van der Waals surface area contributed by atoms with Gasteiger partial charge in [0, 0.05) is 18.3 Å². The smallest absolute Gasteiger partial charge is 0.254 e. The van der Waals surface area contributed by atoms with Crippen molar-refractivity contribution in [1.82, 2.24) is 9.88 Å². The number of amides is 1. The fourth-order valence-electron chi connectivity index (χ4n) is 4.85. The number of fused-ring (bicyclic) bond motifs is 1. The van der Waals surface area contributed by atoms with Crippen molar-refractivity contribution in [3.05, 3.63) is 62.2 Å². The summed E-state index contributed by atoms with van der Waals surface area (Å²) < 4.78 is 0. The zero-order chi connectivity index (χ0) is 20.5. The number of aliphatic hydroxyl groups is 1. The molecule has 1 saturated carbocycles. The molecule has 1 amide bonds. The molecule has 1 aliphatic carbocycles. The Labute approximate surface area is 176 Å². The molecule has 1 N–H and O–H groups in total. The Hall–Kier alpha value is -2.17. The first kappa shape index (κ1) is 20.1. The van der Waals surface area contributed by atoms with E-state index in [-0.39, 0.29) is 11.9 Å². The maximum absolute atomic E-state index is 13.3. The lowest BCUT2D eigenvalue weighted by Crippen LogP contribution is -2.45. The lowest BCUT2D eigenvalue weighted by Gasteiger charge is -2.35. The van der Waals surface area contributed by atoms with Crippen LogP contribution in [0, 0.1) is 0 Å². The number of rotatable bonds is 3. The number of benzene rings is 1. The Bertz CT molecular complexity index is 1050. The van der Waals surface area contributed by atoms with Crippen LogP contribution in [0.25, 0.3) is 12.2 Å². The van der Waals surface area contributed by atoms with E-state index >= 15 is 0 Å². The zero-order valence-electron chi connectivity index (χ0n) is 17.0. The minimum atomic E-state index is -0.423. The number of pyridine rings is 1. The molecule has 1 aliphatic heterocycles. The molecule has 5 heteroatoms. The molecule has 4 rings (SSSR count). The second-order valence-electron chi connectivity index (χ2n) is 7.98. The Morgan fingerprint density at radius 3 is 2.62 bits per heavy atom. The van der Waals surface area contributed by atoms with Crippen LogP contribution in [-0.4, -0.2) is 33.0 Å². The number of carbonyl (C=O) groups excluding carboxylic acids is 1. The number of nitrogens with zero attached hydrogens (tertiary/aromatic N) is 2. The van der Waals surface area contributed by atoms with Gasteiger partial charge in [0.2, 0.25) is 0 Å². The molecule has 1 aromatic heterocycles. The van der Waals surface area contributed by atoms with Crippen LogP contribution < -0.4 is 10.4 Å². The number of aromatic nitrogens is 1. The van der Waals surface area contributed by atoms with Crippen molar-refractivity contribution in [2.45, 2.75) is 64.6 Å². The number of halogens is 1. The summed E-state index contributed by atoms with van der Waals surface area (Å²) in [5, 5.41) is 13.3. The van der Waals surface area contributed by atoms with E-state index in [1.165, 1.54) is 5.22 Å². The van der Waals surface area contributed by atoms with E-state index in [0.717, 1.165) is 53.2 Å². The molecule has 2 unspecified atom stereocenters. The third-order valence-corrected chi connectivity index (χ3v) is 6.50. The molecule has 0 spiro atoms. The number of hydrogen-bond donors (Lipinski definition) is 1. The monoisotopic (exact) mass is 410 g/mol. The Kier molecular flexibility index (Phi) is 5.75. The molecule has 2 atom stereocenters. The van der Waals surface area contributed by atoms with Gasteiger partial charge in [-0.3, -0.25) is 4.79 Å². The van der Waals surface area contributed by atoms with Gasteiger partial charge >= 0.3 is 0 Å². The molecule has 29 heavy (non-hydrogen) atoms. The lowest BCUT2D eigenvalue weighted by molar-refractivity contribution is 0.0191. The maximum atomic E-state index is 13.3. The van der Waals surface area contributed by atoms with Gasteiger partial charge in [-0.25, -0.2) is 4.98 Å². The number of carbonyl (C=O) groups is 1. The molecular weight excluding hydrogens is 384 g/mol. The van der Waals surface area contributed by atoms with Crippen LogP contribution >= 0.6 is 11.6 Å². The molecule has 1 aromatic carbocycles. The minimum Gasteiger partial charge on any atom is -0.391 e. The maximum Gasteiger partial charge on any atom is 0.254 e. The van der Waals surface area contributed by atoms with Crippen molar-refractivity contribution >= 4 is 29.7 Å². The fourth-order valence-corrected chi connectivity index (χ4v) is 4.96.